The fraction of sp³-hybridized carbons (Fsp3) is 0.294. The average Bonchev–Trinajstić information content (AvgIpc) is 2.81. The van der Waals surface area contributed by atoms with Crippen LogP contribution in [0.25, 0.3) is 0 Å². The number of ether oxygens (including phenoxy) is 2. The number of benzene rings is 1. The molecule has 0 bridgehead atoms. The molecule has 1 amide bonds. The van der Waals surface area contributed by atoms with Gasteiger partial charge in [-0.25, -0.2) is 4.79 Å². The topological polar surface area (TPSA) is 64.6 Å². The van der Waals surface area contributed by atoms with Gasteiger partial charge in [-0.15, -0.1) is 11.3 Å². The van der Waals surface area contributed by atoms with Crippen molar-refractivity contribution in [1.82, 2.24) is 0 Å². The summed E-state index contributed by atoms with van der Waals surface area (Å²) in [6, 6.07) is 4.73. The van der Waals surface area contributed by atoms with Gasteiger partial charge in [0.25, 0.3) is 5.91 Å². The van der Waals surface area contributed by atoms with Crippen molar-refractivity contribution in [3.63, 3.8) is 0 Å². The Balaban J connectivity index is 2.08. The van der Waals surface area contributed by atoms with Crippen molar-refractivity contribution in [3.8, 4) is 5.75 Å². The summed E-state index contributed by atoms with van der Waals surface area (Å²) in [5, 5.41) is 3.94. The molecule has 0 saturated heterocycles. The number of esters is 1. The summed E-state index contributed by atoms with van der Waals surface area (Å²) in [6.45, 7) is 5.44. The Hall–Kier alpha value is -1.76. The molecule has 5 nitrogen and oxygen atoms in total. The van der Waals surface area contributed by atoms with Crippen molar-refractivity contribution >= 4 is 51.4 Å². The molecule has 0 saturated carbocycles. The third kappa shape index (κ3) is 4.87. The number of thiophene rings is 1. The number of amides is 1. The van der Waals surface area contributed by atoms with Crippen molar-refractivity contribution in [2.24, 2.45) is 0 Å². The molecule has 25 heavy (non-hydrogen) atoms. The summed E-state index contributed by atoms with van der Waals surface area (Å²) in [5.74, 6) is -0.510. The maximum Gasteiger partial charge on any atom is 0.341 e. The predicted octanol–water partition coefficient (Wildman–Crippen LogP) is 4.87. The number of nitrogens with one attached hydrogen (secondary N) is 1. The Kier molecular flexibility index (Phi) is 6.70. The lowest BCUT2D eigenvalue weighted by Gasteiger charge is -2.09. The maximum atomic E-state index is 12.2. The molecule has 134 valence electrons. The largest absolute Gasteiger partial charge is 0.482 e. The smallest absolute Gasteiger partial charge is 0.341 e. The van der Waals surface area contributed by atoms with Crippen LogP contribution in [0.5, 0.6) is 5.75 Å². The van der Waals surface area contributed by atoms with E-state index in [4.69, 9.17) is 32.7 Å². The van der Waals surface area contributed by atoms with Gasteiger partial charge in [-0.1, -0.05) is 23.2 Å². The Morgan fingerprint density at radius 3 is 2.60 bits per heavy atom. The molecule has 0 aliphatic heterocycles. The third-order valence-electron chi connectivity index (χ3n) is 3.37. The number of carbonyl (C=O) groups excluding carboxylic acids is 2. The van der Waals surface area contributed by atoms with Gasteiger partial charge in [-0.05, 0) is 44.5 Å². The lowest BCUT2D eigenvalue weighted by Crippen LogP contribution is -2.21. The normalized spacial score (nSPS) is 10.4. The number of halogens is 2. The number of carbonyl (C=O) groups is 2. The molecule has 0 aliphatic rings. The van der Waals surface area contributed by atoms with Gasteiger partial charge in [0.15, 0.2) is 6.61 Å². The number of anilines is 1. The highest BCUT2D eigenvalue weighted by atomic mass is 35.5. The molecule has 2 rings (SSSR count). The highest BCUT2D eigenvalue weighted by Gasteiger charge is 2.22. The molecule has 0 atom stereocenters. The first kappa shape index (κ1) is 19.6. The van der Waals surface area contributed by atoms with E-state index in [1.807, 2.05) is 13.8 Å². The zero-order valence-corrected chi connectivity index (χ0v) is 16.3. The Morgan fingerprint density at radius 2 is 1.96 bits per heavy atom. The summed E-state index contributed by atoms with van der Waals surface area (Å²) in [6.07, 6.45) is 0. The third-order valence-corrected chi connectivity index (χ3v) is 5.02. The minimum Gasteiger partial charge on any atom is -0.482 e. The lowest BCUT2D eigenvalue weighted by molar-refractivity contribution is -0.118. The van der Waals surface area contributed by atoms with Crippen LogP contribution in [0.4, 0.5) is 5.00 Å². The van der Waals surface area contributed by atoms with Crippen molar-refractivity contribution in [2.45, 2.75) is 20.8 Å². The summed E-state index contributed by atoms with van der Waals surface area (Å²) in [7, 11) is 0. The molecule has 1 aromatic heterocycles. The monoisotopic (exact) mass is 401 g/mol. The van der Waals surface area contributed by atoms with E-state index in [-0.39, 0.29) is 13.2 Å². The second-order valence-corrected chi connectivity index (χ2v) is 7.19. The van der Waals surface area contributed by atoms with Crippen molar-refractivity contribution in [3.05, 3.63) is 44.2 Å². The van der Waals surface area contributed by atoms with E-state index >= 15 is 0 Å². The molecule has 0 spiro atoms. The molecule has 0 radical (unpaired) electrons. The Bertz CT molecular complexity index is 804. The number of hydrogen-bond acceptors (Lipinski definition) is 5. The highest BCUT2D eigenvalue weighted by Crippen LogP contribution is 2.33. The zero-order valence-electron chi connectivity index (χ0n) is 13.9. The van der Waals surface area contributed by atoms with E-state index < -0.39 is 11.9 Å². The van der Waals surface area contributed by atoms with Crippen LogP contribution in [-0.2, 0) is 9.53 Å². The summed E-state index contributed by atoms with van der Waals surface area (Å²) in [4.78, 5) is 25.2. The van der Waals surface area contributed by atoms with Gasteiger partial charge in [0.2, 0.25) is 0 Å². The lowest BCUT2D eigenvalue weighted by atomic mass is 10.1. The van der Waals surface area contributed by atoms with E-state index in [0.717, 1.165) is 10.4 Å². The highest BCUT2D eigenvalue weighted by molar-refractivity contribution is 7.16. The van der Waals surface area contributed by atoms with Crippen LogP contribution < -0.4 is 10.1 Å². The van der Waals surface area contributed by atoms with Gasteiger partial charge in [0, 0.05) is 9.90 Å². The van der Waals surface area contributed by atoms with Crippen LogP contribution in [-0.4, -0.2) is 25.1 Å². The minimum atomic E-state index is -0.457. The second-order valence-electron chi connectivity index (χ2n) is 5.12. The number of aryl methyl sites for hydroxylation is 1. The molecule has 8 heteroatoms. The second kappa shape index (κ2) is 8.56. The molecule has 0 aliphatic carbocycles. The first-order chi connectivity index (χ1) is 11.8. The molecule has 0 fully saturated rings. The minimum absolute atomic E-state index is 0.250. The molecular formula is C17H17Cl2NO4S. The molecule has 2 aromatic rings. The van der Waals surface area contributed by atoms with Gasteiger partial charge in [-0.2, -0.15) is 0 Å². The van der Waals surface area contributed by atoms with Gasteiger partial charge >= 0.3 is 5.97 Å². The predicted molar refractivity (Wildman–Crippen MR) is 100 cm³/mol. The van der Waals surface area contributed by atoms with Gasteiger partial charge in [-0.3, -0.25) is 4.79 Å². The van der Waals surface area contributed by atoms with Crippen molar-refractivity contribution in [2.75, 3.05) is 18.5 Å². The van der Waals surface area contributed by atoms with E-state index in [1.54, 1.807) is 19.1 Å². The molecule has 1 heterocycles. The first-order valence-electron chi connectivity index (χ1n) is 7.48. The zero-order chi connectivity index (χ0) is 18.6. The van der Waals surface area contributed by atoms with Crippen LogP contribution in [0, 0.1) is 13.8 Å². The van der Waals surface area contributed by atoms with Crippen molar-refractivity contribution < 1.29 is 19.1 Å². The fourth-order valence-corrected chi connectivity index (χ4v) is 3.59. The van der Waals surface area contributed by atoms with Crippen LogP contribution in [0.2, 0.25) is 10.0 Å². The number of hydrogen-bond donors (Lipinski definition) is 1. The maximum absolute atomic E-state index is 12.2. The summed E-state index contributed by atoms with van der Waals surface area (Å²) in [5.41, 5.74) is 1.17. The molecule has 1 aromatic carbocycles. The molecular weight excluding hydrogens is 385 g/mol. The van der Waals surface area contributed by atoms with Crippen LogP contribution in [0.3, 0.4) is 0 Å². The number of rotatable bonds is 6. The standard InChI is InChI=1S/C17H17Cl2NO4S/c1-4-23-17(22)15-9(2)10(3)25-16(15)20-14(21)8-24-13-6-5-11(18)7-12(13)19/h5-7H,4,8H2,1-3H3,(H,20,21). The summed E-state index contributed by atoms with van der Waals surface area (Å²) < 4.78 is 10.5. The van der Waals surface area contributed by atoms with Gasteiger partial charge in [0.05, 0.1) is 17.2 Å². The van der Waals surface area contributed by atoms with E-state index in [2.05, 4.69) is 5.32 Å². The Labute approximate surface area is 159 Å². The van der Waals surface area contributed by atoms with E-state index in [9.17, 15) is 9.59 Å². The van der Waals surface area contributed by atoms with Crippen LogP contribution in [0.1, 0.15) is 27.7 Å². The first-order valence-corrected chi connectivity index (χ1v) is 9.05. The van der Waals surface area contributed by atoms with E-state index in [0.29, 0.717) is 26.4 Å². The van der Waals surface area contributed by atoms with Crippen LogP contribution in [0.15, 0.2) is 18.2 Å². The Morgan fingerprint density at radius 1 is 1.24 bits per heavy atom. The van der Waals surface area contributed by atoms with E-state index in [1.165, 1.54) is 17.4 Å². The van der Waals surface area contributed by atoms with Crippen molar-refractivity contribution in [1.29, 1.82) is 0 Å². The molecule has 0 unspecified atom stereocenters. The SMILES string of the molecule is CCOC(=O)c1c(NC(=O)COc2ccc(Cl)cc2Cl)sc(C)c1C. The summed E-state index contributed by atoms with van der Waals surface area (Å²) >= 11 is 13.1. The fourth-order valence-electron chi connectivity index (χ4n) is 2.06. The quantitative estimate of drug-likeness (QED) is 0.701. The van der Waals surface area contributed by atoms with Gasteiger partial charge < -0.3 is 14.8 Å². The average molecular weight is 402 g/mol. The van der Waals surface area contributed by atoms with Crippen LogP contribution >= 0.6 is 34.5 Å². The molecule has 1 N–H and O–H groups in total. The van der Waals surface area contributed by atoms with Gasteiger partial charge in [0.1, 0.15) is 10.8 Å².